The van der Waals surface area contributed by atoms with Crippen molar-refractivity contribution in [1.29, 1.82) is 0 Å². The van der Waals surface area contributed by atoms with E-state index in [1.165, 1.54) is 12.8 Å². The second-order valence-corrected chi connectivity index (χ2v) is 9.97. The number of benzene rings is 2. The summed E-state index contributed by atoms with van der Waals surface area (Å²) in [6.07, 6.45) is 5.28. The summed E-state index contributed by atoms with van der Waals surface area (Å²) in [7, 11) is 0. The highest BCUT2D eigenvalue weighted by atomic mass is 35.5. The summed E-state index contributed by atoms with van der Waals surface area (Å²) >= 11 is 6.21. The molecule has 2 aromatic rings. The van der Waals surface area contributed by atoms with E-state index in [1.54, 1.807) is 0 Å². The van der Waals surface area contributed by atoms with Crippen LogP contribution in [0.5, 0.6) is 0 Å². The van der Waals surface area contributed by atoms with Gasteiger partial charge in [0.25, 0.3) is 5.91 Å². The second kappa shape index (κ2) is 10.5. The van der Waals surface area contributed by atoms with E-state index in [0.29, 0.717) is 17.5 Å². The first kappa shape index (κ1) is 23.3. The number of morpholine rings is 1. The van der Waals surface area contributed by atoms with Gasteiger partial charge in [-0.05, 0) is 55.0 Å². The highest BCUT2D eigenvalue weighted by molar-refractivity contribution is 6.30. The fraction of sp³-hybridized carbons (Fsp3) is 0.481. The number of aliphatic imine (C=N–C) groups is 1. The van der Waals surface area contributed by atoms with Crippen LogP contribution in [0.25, 0.3) is 0 Å². The van der Waals surface area contributed by atoms with Crippen molar-refractivity contribution in [2.24, 2.45) is 10.9 Å². The number of halogens is 1. The molecule has 0 aromatic heterocycles. The van der Waals surface area contributed by atoms with Crippen molar-refractivity contribution in [2.45, 2.75) is 30.8 Å². The zero-order chi connectivity index (χ0) is 23.4. The monoisotopic (exact) mass is 480 g/mol. The maximum absolute atomic E-state index is 14.0. The average molecular weight is 481 g/mol. The first-order valence-corrected chi connectivity index (χ1v) is 12.7. The summed E-state index contributed by atoms with van der Waals surface area (Å²) in [6.45, 7) is 5.99. The van der Waals surface area contributed by atoms with Crippen LogP contribution in [0.15, 0.2) is 59.6 Å². The molecule has 1 saturated carbocycles. The van der Waals surface area contributed by atoms with E-state index >= 15 is 0 Å². The fourth-order valence-electron chi connectivity index (χ4n) is 5.07. The average Bonchev–Trinajstić information content (AvgIpc) is 3.62. The molecule has 2 unspecified atom stereocenters. The largest absolute Gasteiger partial charge is 0.379 e. The quantitative estimate of drug-likeness (QED) is 0.553. The summed E-state index contributed by atoms with van der Waals surface area (Å²) in [4.78, 5) is 23.6. The number of amides is 1. The molecule has 180 valence electrons. The molecular weight excluding hydrogens is 448 g/mol. The van der Waals surface area contributed by atoms with E-state index in [0.717, 1.165) is 56.9 Å². The van der Waals surface area contributed by atoms with Gasteiger partial charge >= 0.3 is 0 Å². The lowest BCUT2D eigenvalue weighted by Gasteiger charge is -2.37. The van der Waals surface area contributed by atoms with Crippen LogP contribution in [0, 0.1) is 5.92 Å². The molecule has 2 aromatic carbocycles. The first-order chi connectivity index (χ1) is 16.7. The molecule has 5 rings (SSSR count). The maximum atomic E-state index is 14.0. The van der Waals surface area contributed by atoms with Crippen LogP contribution >= 0.6 is 11.6 Å². The van der Waals surface area contributed by atoms with Gasteiger partial charge in [0.1, 0.15) is 0 Å². The fourth-order valence-corrected chi connectivity index (χ4v) is 5.20. The third-order valence-electron chi connectivity index (χ3n) is 7.09. The number of hydrogen-bond acceptors (Lipinski definition) is 5. The summed E-state index contributed by atoms with van der Waals surface area (Å²) < 4.78 is 5.44. The molecule has 6 nitrogen and oxygen atoms in total. The van der Waals surface area contributed by atoms with E-state index < -0.39 is 5.54 Å². The summed E-state index contributed by atoms with van der Waals surface area (Å²) in [6, 6.07) is 17.7. The maximum Gasteiger partial charge on any atom is 0.255 e. The molecule has 7 heteroatoms. The molecule has 3 aliphatic rings. The Labute approximate surface area is 206 Å². The first-order valence-electron chi connectivity index (χ1n) is 12.4. The normalized spacial score (nSPS) is 25.0. The standard InChI is InChI=1S/C27H33ClN4O2/c28-24-11-9-22(10-12-24)25-27(23-5-2-1-3-6-23,30-20-32(25)19-21-7-8-21)26(33)29-13-4-14-31-15-17-34-18-16-31/h1-3,5-6,9-12,20-21,25H,4,7-8,13-19H2,(H,29,33). The lowest BCUT2D eigenvalue weighted by Crippen LogP contribution is -2.49. The summed E-state index contributed by atoms with van der Waals surface area (Å²) in [5, 5.41) is 3.93. The van der Waals surface area contributed by atoms with Gasteiger partial charge in [-0.2, -0.15) is 0 Å². The van der Waals surface area contributed by atoms with Crippen LogP contribution in [0.1, 0.15) is 36.4 Å². The van der Waals surface area contributed by atoms with E-state index in [1.807, 2.05) is 60.9 Å². The SMILES string of the molecule is O=C(NCCCN1CCOCC1)C1(c2ccccc2)N=CN(CC2CC2)C1c1ccc(Cl)cc1. The molecule has 2 aliphatic heterocycles. The number of hydrogen-bond donors (Lipinski definition) is 1. The van der Waals surface area contributed by atoms with E-state index in [4.69, 9.17) is 21.3 Å². The van der Waals surface area contributed by atoms with E-state index in [-0.39, 0.29) is 11.9 Å². The smallest absolute Gasteiger partial charge is 0.255 e. The summed E-state index contributed by atoms with van der Waals surface area (Å²) in [5.74, 6) is 0.625. The van der Waals surface area contributed by atoms with Gasteiger partial charge in [0.05, 0.1) is 25.6 Å². The lowest BCUT2D eigenvalue weighted by atomic mass is 9.79. The molecule has 2 heterocycles. The molecule has 0 radical (unpaired) electrons. The zero-order valence-electron chi connectivity index (χ0n) is 19.5. The number of nitrogens with one attached hydrogen (secondary N) is 1. The minimum Gasteiger partial charge on any atom is -0.379 e. The van der Waals surface area contributed by atoms with Gasteiger partial charge in [0, 0.05) is 31.2 Å². The zero-order valence-corrected chi connectivity index (χ0v) is 20.3. The highest BCUT2D eigenvalue weighted by Crippen LogP contribution is 2.47. The van der Waals surface area contributed by atoms with Crippen LogP contribution in [0.4, 0.5) is 0 Å². The topological polar surface area (TPSA) is 57.2 Å². The molecule has 2 fully saturated rings. The Hall–Kier alpha value is -2.41. The Kier molecular flexibility index (Phi) is 7.18. The van der Waals surface area contributed by atoms with Crippen molar-refractivity contribution in [3.63, 3.8) is 0 Å². The molecule has 2 atom stereocenters. The van der Waals surface area contributed by atoms with Gasteiger partial charge in [-0.1, -0.05) is 54.1 Å². The van der Waals surface area contributed by atoms with Gasteiger partial charge in [0.2, 0.25) is 0 Å². The van der Waals surface area contributed by atoms with Gasteiger partial charge in [-0.3, -0.25) is 14.7 Å². The number of carbonyl (C=O) groups excluding carboxylic acids is 1. The van der Waals surface area contributed by atoms with Crippen molar-refractivity contribution in [1.82, 2.24) is 15.1 Å². The minimum absolute atomic E-state index is 0.0461. The van der Waals surface area contributed by atoms with Crippen molar-refractivity contribution in [3.8, 4) is 0 Å². The number of ether oxygens (including phenoxy) is 1. The van der Waals surface area contributed by atoms with Gasteiger partial charge < -0.3 is 15.0 Å². The number of rotatable bonds is 9. The molecule has 0 bridgehead atoms. The Bertz CT molecular complexity index is 989. The van der Waals surface area contributed by atoms with Crippen LogP contribution < -0.4 is 5.32 Å². The third-order valence-corrected chi connectivity index (χ3v) is 7.34. The van der Waals surface area contributed by atoms with Crippen LogP contribution in [0.2, 0.25) is 5.02 Å². The van der Waals surface area contributed by atoms with Crippen LogP contribution in [0.3, 0.4) is 0 Å². The molecule has 1 N–H and O–H groups in total. The van der Waals surface area contributed by atoms with Crippen molar-refractivity contribution in [3.05, 3.63) is 70.7 Å². The molecule has 0 spiro atoms. The number of nitrogens with zero attached hydrogens (tertiary/aromatic N) is 3. The van der Waals surface area contributed by atoms with Crippen molar-refractivity contribution in [2.75, 3.05) is 45.9 Å². The van der Waals surface area contributed by atoms with Crippen LogP contribution in [-0.2, 0) is 15.1 Å². The predicted octanol–water partition coefficient (Wildman–Crippen LogP) is 3.87. The highest BCUT2D eigenvalue weighted by Gasteiger charge is 2.53. The van der Waals surface area contributed by atoms with Crippen LogP contribution in [-0.4, -0.2) is 68.0 Å². The Balaban J connectivity index is 1.40. The molecule has 1 aliphatic carbocycles. The van der Waals surface area contributed by atoms with Gasteiger partial charge in [0.15, 0.2) is 5.54 Å². The van der Waals surface area contributed by atoms with E-state index in [9.17, 15) is 4.79 Å². The Morgan fingerprint density at radius 3 is 2.53 bits per heavy atom. The molecular formula is C27H33ClN4O2. The Morgan fingerprint density at radius 1 is 1.09 bits per heavy atom. The molecule has 34 heavy (non-hydrogen) atoms. The second-order valence-electron chi connectivity index (χ2n) is 9.53. The summed E-state index contributed by atoms with van der Waals surface area (Å²) in [5.41, 5.74) is 0.924. The lowest BCUT2D eigenvalue weighted by molar-refractivity contribution is -0.128. The number of carbonyl (C=O) groups is 1. The Morgan fingerprint density at radius 2 is 1.82 bits per heavy atom. The molecule has 1 saturated heterocycles. The van der Waals surface area contributed by atoms with Crippen molar-refractivity contribution >= 4 is 23.8 Å². The predicted molar refractivity (Wildman–Crippen MR) is 135 cm³/mol. The van der Waals surface area contributed by atoms with E-state index in [2.05, 4.69) is 15.1 Å². The van der Waals surface area contributed by atoms with Crippen molar-refractivity contribution < 1.29 is 9.53 Å². The molecule has 1 amide bonds. The van der Waals surface area contributed by atoms with Gasteiger partial charge in [-0.25, -0.2) is 0 Å². The third kappa shape index (κ3) is 4.99. The minimum atomic E-state index is -1.04. The van der Waals surface area contributed by atoms with Gasteiger partial charge in [-0.15, -0.1) is 0 Å².